The molecular weight excluding hydrogens is 202 g/mol. The van der Waals surface area contributed by atoms with Gasteiger partial charge in [0.2, 0.25) is 0 Å². The summed E-state index contributed by atoms with van der Waals surface area (Å²) in [5.74, 6) is 0. The smallest absolute Gasteiger partial charge is 0.175 e. The van der Waals surface area contributed by atoms with Crippen LogP contribution in [0.2, 0.25) is 0 Å². The van der Waals surface area contributed by atoms with Gasteiger partial charge in [-0.3, -0.25) is 0 Å². The molecule has 1 aromatic rings. The van der Waals surface area contributed by atoms with Crippen molar-refractivity contribution in [3.05, 3.63) is 43.2 Å². The lowest BCUT2D eigenvalue weighted by Gasteiger charge is -1.87. The van der Waals surface area contributed by atoms with Gasteiger partial charge in [0.25, 0.3) is 0 Å². The number of pyridine rings is 1. The van der Waals surface area contributed by atoms with E-state index in [4.69, 9.17) is 0 Å². The van der Waals surface area contributed by atoms with Crippen molar-refractivity contribution in [2.24, 2.45) is 0 Å². The summed E-state index contributed by atoms with van der Waals surface area (Å²) < 4.78 is 1.88. The summed E-state index contributed by atoms with van der Waals surface area (Å²) in [5.41, 5.74) is 1.12. The average Bonchev–Trinajstić information content (AvgIpc) is 2.05. The van der Waals surface area contributed by atoms with Crippen LogP contribution in [0.1, 0.15) is 5.56 Å². The second-order valence-electron chi connectivity index (χ2n) is 1.97. The molecule has 1 rings (SSSR count). The van der Waals surface area contributed by atoms with E-state index in [9.17, 15) is 0 Å². The summed E-state index contributed by atoms with van der Waals surface area (Å²) in [6, 6.07) is 3.96. The molecule has 0 fully saturated rings. The SMILES string of the molecule is C=Cc1cc[n+](C=C)cc1.[Br-]. The Labute approximate surface area is 77.5 Å². The number of aromatic nitrogens is 1. The Morgan fingerprint density at radius 2 is 1.73 bits per heavy atom. The third kappa shape index (κ3) is 2.68. The third-order valence-electron chi connectivity index (χ3n) is 1.32. The predicted molar refractivity (Wildman–Crippen MR) is 43.1 cm³/mol. The van der Waals surface area contributed by atoms with E-state index in [2.05, 4.69) is 13.2 Å². The van der Waals surface area contributed by atoms with Gasteiger partial charge in [0, 0.05) is 12.1 Å². The molecule has 0 saturated heterocycles. The number of halogens is 1. The molecule has 0 N–H and O–H groups in total. The van der Waals surface area contributed by atoms with E-state index in [0.717, 1.165) is 5.56 Å². The molecule has 1 aromatic heterocycles. The second-order valence-corrected chi connectivity index (χ2v) is 1.97. The molecule has 0 unspecified atom stereocenters. The molecule has 0 aliphatic heterocycles. The zero-order valence-electron chi connectivity index (χ0n) is 6.20. The minimum Gasteiger partial charge on any atom is -1.00 e. The van der Waals surface area contributed by atoms with Crippen LogP contribution in [0.4, 0.5) is 0 Å². The van der Waals surface area contributed by atoms with Crippen molar-refractivity contribution in [1.29, 1.82) is 0 Å². The maximum atomic E-state index is 3.65. The molecule has 0 atom stereocenters. The van der Waals surface area contributed by atoms with Crippen LogP contribution in [0, 0.1) is 0 Å². The predicted octanol–water partition coefficient (Wildman–Crippen LogP) is -1.28. The maximum absolute atomic E-state index is 3.65. The molecule has 0 bridgehead atoms. The quantitative estimate of drug-likeness (QED) is 0.538. The van der Waals surface area contributed by atoms with Crippen LogP contribution in [0.5, 0.6) is 0 Å². The average molecular weight is 212 g/mol. The molecule has 0 aliphatic rings. The first-order chi connectivity index (χ1) is 4.86. The van der Waals surface area contributed by atoms with Crippen LogP contribution < -0.4 is 21.5 Å². The lowest BCUT2D eigenvalue weighted by Crippen LogP contribution is -3.00. The van der Waals surface area contributed by atoms with Gasteiger partial charge in [0.05, 0.1) is 0 Å². The lowest BCUT2D eigenvalue weighted by atomic mass is 10.3. The fourth-order valence-electron chi connectivity index (χ4n) is 0.707. The van der Waals surface area contributed by atoms with Gasteiger partial charge in [-0.2, -0.15) is 4.57 Å². The van der Waals surface area contributed by atoms with Gasteiger partial charge in [-0.1, -0.05) is 12.7 Å². The highest BCUT2D eigenvalue weighted by atomic mass is 79.9. The summed E-state index contributed by atoms with van der Waals surface area (Å²) in [6.45, 7) is 7.27. The molecule has 1 heterocycles. The molecule has 1 nitrogen and oxygen atoms in total. The van der Waals surface area contributed by atoms with Gasteiger partial charge in [-0.25, -0.2) is 0 Å². The van der Waals surface area contributed by atoms with Gasteiger partial charge >= 0.3 is 0 Å². The fraction of sp³-hybridized carbons (Fsp3) is 0. The molecule has 0 aromatic carbocycles. The van der Waals surface area contributed by atoms with Gasteiger partial charge in [-0.05, 0) is 12.1 Å². The highest BCUT2D eigenvalue weighted by molar-refractivity contribution is 5.44. The molecule has 58 valence electrons. The number of hydrogen-bond acceptors (Lipinski definition) is 0. The van der Waals surface area contributed by atoms with Crippen LogP contribution in [0.25, 0.3) is 12.3 Å². The van der Waals surface area contributed by atoms with Crippen LogP contribution in [0.3, 0.4) is 0 Å². The topological polar surface area (TPSA) is 3.88 Å². The van der Waals surface area contributed by atoms with Gasteiger partial charge in [-0.15, -0.1) is 0 Å². The summed E-state index contributed by atoms with van der Waals surface area (Å²) in [6.07, 6.45) is 7.42. The summed E-state index contributed by atoms with van der Waals surface area (Å²) >= 11 is 0. The number of nitrogens with zero attached hydrogens (tertiary/aromatic N) is 1. The van der Waals surface area contributed by atoms with E-state index in [1.807, 2.05) is 35.2 Å². The van der Waals surface area contributed by atoms with Crippen molar-refractivity contribution in [1.82, 2.24) is 0 Å². The van der Waals surface area contributed by atoms with Gasteiger partial charge < -0.3 is 17.0 Å². The van der Waals surface area contributed by atoms with Crippen LogP contribution in [-0.4, -0.2) is 0 Å². The summed E-state index contributed by atoms with van der Waals surface area (Å²) in [5, 5.41) is 0. The number of rotatable bonds is 2. The molecular formula is C9H10BrN. The minimum absolute atomic E-state index is 0. The first-order valence-electron chi connectivity index (χ1n) is 3.12. The van der Waals surface area contributed by atoms with Crippen LogP contribution >= 0.6 is 0 Å². The van der Waals surface area contributed by atoms with E-state index in [-0.39, 0.29) is 17.0 Å². The van der Waals surface area contributed by atoms with Crippen molar-refractivity contribution in [3.63, 3.8) is 0 Å². The Morgan fingerprint density at radius 3 is 2.09 bits per heavy atom. The zero-order valence-corrected chi connectivity index (χ0v) is 7.79. The zero-order chi connectivity index (χ0) is 7.40. The Morgan fingerprint density at radius 1 is 1.18 bits per heavy atom. The first-order valence-corrected chi connectivity index (χ1v) is 3.12. The highest BCUT2D eigenvalue weighted by Gasteiger charge is 1.90. The Balaban J connectivity index is 0.000001000. The maximum Gasteiger partial charge on any atom is 0.175 e. The molecule has 0 aliphatic carbocycles. The first kappa shape index (κ1) is 10.1. The Bertz CT molecular complexity index is 211. The fourth-order valence-corrected chi connectivity index (χ4v) is 0.707. The van der Waals surface area contributed by atoms with E-state index < -0.39 is 0 Å². The van der Waals surface area contributed by atoms with E-state index in [0.29, 0.717) is 0 Å². The molecule has 11 heavy (non-hydrogen) atoms. The van der Waals surface area contributed by atoms with Crippen molar-refractivity contribution in [3.8, 4) is 0 Å². The summed E-state index contributed by atoms with van der Waals surface area (Å²) in [4.78, 5) is 0. The normalized spacial score (nSPS) is 8.00. The van der Waals surface area contributed by atoms with E-state index in [1.165, 1.54) is 0 Å². The van der Waals surface area contributed by atoms with E-state index in [1.54, 1.807) is 6.20 Å². The second kappa shape index (κ2) is 4.85. The number of hydrogen-bond donors (Lipinski definition) is 0. The standard InChI is InChI=1S/C9H10N.BrH/c1-3-9-5-7-10(4-2)8-6-9;/h3-8H,1-2H2;1H/q+1;/p-1. The van der Waals surface area contributed by atoms with Crippen molar-refractivity contribution in [2.75, 3.05) is 0 Å². The van der Waals surface area contributed by atoms with Crippen LogP contribution in [-0.2, 0) is 0 Å². The lowest BCUT2D eigenvalue weighted by molar-refractivity contribution is -0.567. The van der Waals surface area contributed by atoms with Gasteiger partial charge in [0.1, 0.15) is 0 Å². The molecule has 0 saturated carbocycles. The Kier molecular flexibility index (Phi) is 4.46. The summed E-state index contributed by atoms with van der Waals surface area (Å²) in [7, 11) is 0. The molecule has 0 amide bonds. The molecule has 0 spiro atoms. The third-order valence-corrected chi connectivity index (χ3v) is 1.32. The van der Waals surface area contributed by atoms with E-state index >= 15 is 0 Å². The van der Waals surface area contributed by atoms with Crippen molar-refractivity contribution >= 4 is 12.3 Å². The highest BCUT2D eigenvalue weighted by Crippen LogP contribution is 1.94. The molecule has 2 heteroatoms. The Hall–Kier alpha value is -0.890. The van der Waals surface area contributed by atoms with Crippen molar-refractivity contribution < 1.29 is 21.5 Å². The largest absolute Gasteiger partial charge is 1.00 e. The van der Waals surface area contributed by atoms with Gasteiger partial charge in [0.15, 0.2) is 18.6 Å². The van der Waals surface area contributed by atoms with Crippen LogP contribution in [0.15, 0.2) is 37.7 Å². The minimum atomic E-state index is 0. The van der Waals surface area contributed by atoms with Crippen molar-refractivity contribution in [2.45, 2.75) is 0 Å². The molecule has 0 radical (unpaired) electrons. The monoisotopic (exact) mass is 211 g/mol.